The number of hydrogen-bond acceptors (Lipinski definition) is 5. The Morgan fingerprint density at radius 3 is 1.92 bits per heavy atom. The molecule has 0 bridgehead atoms. The number of carbonyl (C=O) groups is 1. The van der Waals surface area contributed by atoms with Crippen LogP contribution in [0.5, 0.6) is 5.75 Å². The number of benzene rings is 1. The average molecular weight is 370 g/mol. The van der Waals surface area contributed by atoms with Crippen molar-refractivity contribution < 1.29 is 19.5 Å². The zero-order valence-corrected chi connectivity index (χ0v) is 16.9. The lowest BCUT2D eigenvalue weighted by Gasteiger charge is -2.00. The van der Waals surface area contributed by atoms with Crippen molar-refractivity contribution in [2.75, 3.05) is 0 Å². The van der Waals surface area contributed by atoms with E-state index in [4.69, 9.17) is 0 Å². The second-order valence-electron chi connectivity index (χ2n) is 4.79. The van der Waals surface area contributed by atoms with Crippen LogP contribution in [0.4, 0.5) is 0 Å². The van der Waals surface area contributed by atoms with Gasteiger partial charge in [0.1, 0.15) is 12.4 Å². The van der Waals surface area contributed by atoms with Crippen LogP contribution in [0, 0.1) is 10.1 Å². The van der Waals surface area contributed by atoms with Gasteiger partial charge in [0.05, 0.1) is 0 Å². The minimum absolute atomic E-state index is 0.117. The molecule has 150 valence electrons. The molecule has 0 N–H and O–H groups in total. The molecule has 0 aliphatic carbocycles. The second kappa shape index (κ2) is 24.9. The van der Waals surface area contributed by atoms with Crippen LogP contribution >= 0.6 is 0 Å². The summed E-state index contributed by atoms with van der Waals surface area (Å²) in [6.07, 6.45) is 8.36. The number of ether oxygens (including phenoxy) is 1. The maximum Gasteiger partial charge on any atom is 0.298 e. The molecule has 0 aliphatic rings. The van der Waals surface area contributed by atoms with Crippen LogP contribution in [0.25, 0.3) is 0 Å². The Balaban J connectivity index is -0.000000367. The fourth-order valence-electron chi connectivity index (χ4n) is 1.20. The van der Waals surface area contributed by atoms with Crippen molar-refractivity contribution in [3.05, 3.63) is 52.6 Å². The third kappa shape index (κ3) is 23.9. The summed E-state index contributed by atoms with van der Waals surface area (Å²) in [6, 6.07) is 6.19. The fourth-order valence-corrected chi connectivity index (χ4v) is 1.20. The molecule has 1 aromatic carbocycles. The van der Waals surface area contributed by atoms with Crippen molar-refractivity contribution in [2.45, 2.75) is 73.3 Å². The minimum atomic E-state index is -0.865. The van der Waals surface area contributed by atoms with E-state index in [-0.39, 0.29) is 6.61 Å². The maximum atomic E-state index is 9.94. The van der Waals surface area contributed by atoms with Gasteiger partial charge < -0.3 is 9.57 Å². The molecule has 0 amide bonds. The van der Waals surface area contributed by atoms with Gasteiger partial charge in [0.15, 0.2) is 0 Å². The number of hydrogen-bond donors (Lipinski definition) is 0. The molecule has 0 saturated carbocycles. The lowest BCUT2D eigenvalue weighted by molar-refractivity contribution is -0.763. The van der Waals surface area contributed by atoms with E-state index in [1.807, 2.05) is 19.9 Å². The molecular formula is C20H35NO5. The van der Waals surface area contributed by atoms with Gasteiger partial charge in [-0.2, -0.15) is 0 Å². The number of rotatable bonds is 9. The lowest BCUT2D eigenvalue weighted by atomic mass is 10.2. The van der Waals surface area contributed by atoms with Crippen molar-refractivity contribution >= 4 is 6.47 Å². The Kier molecular flexibility index (Phi) is 27.2. The number of nitrogens with zero attached hydrogens (tertiary/aromatic N) is 1. The zero-order chi connectivity index (χ0) is 20.6. The van der Waals surface area contributed by atoms with Crippen molar-refractivity contribution in [3.8, 4) is 5.75 Å². The van der Waals surface area contributed by atoms with Gasteiger partial charge in [0.2, 0.25) is 0 Å². The highest BCUT2D eigenvalue weighted by atomic mass is 16.9. The van der Waals surface area contributed by atoms with Gasteiger partial charge >= 0.3 is 0 Å². The Labute approximate surface area is 158 Å². The van der Waals surface area contributed by atoms with E-state index in [0.717, 1.165) is 0 Å². The first-order valence-electron chi connectivity index (χ1n) is 9.12. The lowest BCUT2D eigenvalue weighted by Crippen LogP contribution is -2.00. The van der Waals surface area contributed by atoms with Crippen molar-refractivity contribution in [1.82, 2.24) is 0 Å². The van der Waals surface area contributed by atoms with E-state index in [2.05, 4.69) is 36.9 Å². The molecule has 1 rings (SSSR count). The summed E-state index contributed by atoms with van der Waals surface area (Å²) in [4.78, 5) is 23.9. The van der Waals surface area contributed by atoms with Crippen LogP contribution in [0.3, 0.4) is 0 Å². The second-order valence-corrected chi connectivity index (χ2v) is 4.79. The Morgan fingerprint density at radius 1 is 1.08 bits per heavy atom. The van der Waals surface area contributed by atoms with Gasteiger partial charge in [0, 0.05) is 0 Å². The molecule has 0 radical (unpaired) electrons. The summed E-state index contributed by atoms with van der Waals surface area (Å²) in [5, 5.41) is 8.99. The molecule has 0 spiro atoms. The monoisotopic (exact) mass is 369 g/mol. The molecule has 0 aromatic heterocycles. The van der Waals surface area contributed by atoms with Gasteiger partial charge in [-0.25, -0.2) is 0 Å². The maximum absolute atomic E-state index is 9.94. The molecule has 0 heterocycles. The van der Waals surface area contributed by atoms with Gasteiger partial charge in [-0.3, -0.25) is 4.79 Å². The van der Waals surface area contributed by atoms with Gasteiger partial charge in [-0.1, -0.05) is 78.5 Å². The van der Waals surface area contributed by atoms with E-state index in [0.29, 0.717) is 17.8 Å². The number of carbonyl (C=O) groups excluding carboxylic acids is 1. The topological polar surface area (TPSA) is 78.7 Å². The smallest absolute Gasteiger partial charge is 0.298 e. The van der Waals surface area contributed by atoms with Crippen LogP contribution in [0.15, 0.2) is 36.9 Å². The van der Waals surface area contributed by atoms with Crippen LogP contribution in [0.1, 0.15) is 72.3 Å². The standard InChI is InChI=1S/C8H7NO5.C6H12.C4H10.C2H6/c10-6-13-8-3-1-7(2-4-8)5-14-9(11)12;1-3-5-6-4-2;1-3-4-2;1-2/h1-4,6H,5H2;3H,1,4-6H2,2H3;3-4H2,1-2H3;1-2H3. The van der Waals surface area contributed by atoms with E-state index in [1.165, 1.54) is 44.2 Å². The van der Waals surface area contributed by atoms with Crippen molar-refractivity contribution in [2.24, 2.45) is 0 Å². The summed E-state index contributed by atoms with van der Waals surface area (Å²) in [5.74, 6) is 0.379. The summed E-state index contributed by atoms with van der Waals surface area (Å²) in [5.41, 5.74) is 0.625. The molecule has 0 atom stereocenters. The first-order valence-corrected chi connectivity index (χ1v) is 9.12. The number of allylic oxidation sites excluding steroid dienone is 1. The Morgan fingerprint density at radius 2 is 1.62 bits per heavy atom. The first-order chi connectivity index (χ1) is 12.5. The minimum Gasteiger partial charge on any atom is -0.429 e. The summed E-state index contributed by atoms with van der Waals surface area (Å²) in [6.45, 7) is 14.3. The molecule has 0 fully saturated rings. The molecule has 1 aromatic rings. The Hall–Kier alpha value is -2.37. The predicted octanol–water partition coefficient (Wildman–Crippen LogP) is 6.13. The molecule has 26 heavy (non-hydrogen) atoms. The normalized spacial score (nSPS) is 8.19. The van der Waals surface area contributed by atoms with Crippen LogP contribution in [-0.2, 0) is 16.2 Å². The van der Waals surface area contributed by atoms with Gasteiger partial charge in [0.25, 0.3) is 11.6 Å². The molecule has 6 heteroatoms. The molecule has 0 unspecified atom stereocenters. The third-order valence-corrected chi connectivity index (χ3v) is 2.71. The van der Waals surface area contributed by atoms with Crippen molar-refractivity contribution in [3.63, 3.8) is 0 Å². The van der Waals surface area contributed by atoms with Crippen LogP contribution < -0.4 is 4.74 Å². The first kappa shape index (κ1) is 28.4. The molecule has 0 saturated heterocycles. The fraction of sp³-hybridized carbons (Fsp3) is 0.550. The summed E-state index contributed by atoms with van der Waals surface area (Å²) in [7, 11) is 0. The summed E-state index contributed by atoms with van der Waals surface area (Å²) < 4.78 is 4.53. The largest absolute Gasteiger partial charge is 0.429 e. The zero-order valence-electron chi connectivity index (χ0n) is 16.9. The predicted molar refractivity (Wildman–Crippen MR) is 107 cm³/mol. The van der Waals surface area contributed by atoms with E-state index < -0.39 is 5.09 Å². The average Bonchev–Trinajstić information content (AvgIpc) is 2.68. The quantitative estimate of drug-likeness (QED) is 0.172. The van der Waals surface area contributed by atoms with Crippen LogP contribution in [-0.4, -0.2) is 11.6 Å². The van der Waals surface area contributed by atoms with Crippen molar-refractivity contribution in [1.29, 1.82) is 0 Å². The molecular weight excluding hydrogens is 334 g/mol. The highest BCUT2D eigenvalue weighted by Crippen LogP contribution is 2.11. The highest BCUT2D eigenvalue weighted by Gasteiger charge is 1.98. The van der Waals surface area contributed by atoms with Gasteiger partial charge in [-0.05, 0) is 24.1 Å². The third-order valence-electron chi connectivity index (χ3n) is 2.71. The SMILES string of the molecule is C=CCCCC.CC.CCCC.O=COc1ccc(CO[N+](=O)[O-])cc1. The Bertz CT molecular complexity index is 430. The molecule has 6 nitrogen and oxygen atoms in total. The summed E-state index contributed by atoms with van der Waals surface area (Å²) >= 11 is 0. The van der Waals surface area contributed by atoms with E-state index in [1.54, 1.807) is 12.1 Å². The molecule has 0 aliphatic heterocycles. The van der Waals surface area contributed by atoms with E-state index in [9.17, 15) is 14.9 Å². The van der Waals surface area contributed by atoms with E-state index >= 15 is 0 Å². The highest BCUT2D eigenvalue weighted by molar-refractivity contribution is 5.45. The number of unbranched alkanes of at least 4 members (excludes halogenated alkanes) is 3. The van der Waals surface area contributed by atoms with Gasteiger partial charge in [-0.15, -0.1) is 16.7 Å². The van der Waals surface area contributed by atoms with Crippen LogP contribution in [0.2, 0.25) is 0 Å².